The summed E-state index contributed by atoms with van der Waals surface area (Å²) < 4.78 is 5.39. The van der Waals surface area contributed by atoms with Gasteiger partial charge in [-0.15, -0.1) is 11.3 Å². The Morgan fingerprint density at radius 1 is 1.27 bits per heavy atom. The highest BCUT2D eigenvalue weighted by Crippen LogP contribution is 2.34. The second kappa shape index (κ2) is 7.81. The number of nitriles is 1. The van der Waals surface area contributed by atoms with Crippen molar-refractivity contribution >= 4 is 22.9 Å². The van der Waals surface area contributed by atoms with E-state index >= 15 is 0 Å². The summed E-state index contributed by atoms with van der Waals surface area (Å²) in [7, 11) is 1.63. The zero-order valence-corrected chi connectivity index (χ0v) is 15.3. The zero-order chi connectivity index (χ0) is 18.5. The molecule has 0 bridgehead atoms. The van der Waals surface area contributed by atoms with Crippen molar-refractivity contribution in [2.45, 2.75) is 13.3 Å². The summed E-state index contributed by atoms with van der Waals surface area (Å²) in [5, 5.41) is 12.6. The molecule has 26 heavy (non-hydrogen) atoms. The maximum atomic E-state index is 12.4. The number of hydrogen-bond acceptors (Lipinski definition) is 5. The molecule has 0 unspecified atom stereocenters. The van der Waals surface area contributed by atoms with Crippen molar-refractivity contribution in [2.75, 3.05) is 12.4 Å². The van der Waals surface area contributed by atoms with Gasteiger partial charge >= 0.3 is 0 Å². The molecule has 1 heterocycles. The fourth-order valence-electron chi connectivity index (χ4n) is 2.55. The van der Waals surface area contributed by atoms with E-state index in [9.17, 15) is 4.79 Å². The van der Waals surface area contributed by atoms with Gasteiger partial charge in [0, 0.05) is 10.6 Å². The smallest absolute Gasteiger partial charge is 0.229 e. The molecule has 0 saturated carbocycles. The van der Waals surface area contributed by atoms with E-state index in [1.54, 1.807) is 31.4 Å². The second-order valence-corrected chi connectivity index (χ2v) is 6.73. The fraction of sp³-hybridized carbons (Fsp3) is 0.150. The molecule has 2 aromatic carbocycles. The van der Waals surface area contributed by atoms with Gasteiger partial charge in [0.15, 0.2) is 0 Å². The van der Waals surface area contributed by atoms with E-state index in [1.807, 2.05) is 31.2 Å². The molecule has 0 aliphatic rings. The van der Waals surface area contributed by atoms with Gasteiger partial charge in [0.05, 0.1) is 36.4 Å². The van der Waals surface area contributed by atoms with E-state index in [1.165, 1.54) is 11.3 Å². The number of benzene rings is 2. The van der Waals surface area contributed by atoms with Crippen molar-refractivity contribution in [3.63, 3.8) is 0 Å². The van der Waals surface area contributed by atoms with Crippen LogP contribution in [-0.2, 0) is 11.2 Å². The summed E-state index contributed by atoms with van der Waals surface area (Å²) in [4.78, 5) is 17.9. The molecule has 0 aliphatic heterocycles. The van der Waals surface area contributed by atoms with Gasteiger partial charge in [-0.2, -0.15) is 5.26 Å². The summed E-state index contributed by atoms with van der Waals surface area (Å²) in [5.41, 5.74) is 2.87. The van der Waals surface area contributed by atoms with Crippen molar-refractivity contribution in [3.05, 3.63) is 64.7 Å². The van der Waals surface area contributed by atoms with E-state index < -0.39 is 0 Å². The quantitative estimate of drug-likeness (QED) is 0.738. The third-order valence-corrected chi connectivity index (χ3v) is 5.02. The number of nitrogens with zero attached hydrogens (tertiary/aromatic N) is 2. The Morgan fingerprint density at radius 2 is 2.08 bits per heavy atom. The van der Waals surface area contributed by atoms with E-state index in [-0.39, 0.29) is 12.3 Å². The standard InChI is InChI=1S/C20H17N3O2S/c1-13-18(11-19(24)23-15-7-5-6-14(10-15)12-21)26-20(22-13)16-8-3-4-9-17(16)25-2/h3-10H,11H2,1-2H3,(H,23,24). The number of carbonyl (C=O) groups excluding carboxylic acids is 1. The van der Waals surface area contributed by atoms with Crippen molar-refractivity contribution in [2.24, 2.45) is 0 Å². The molecule has 3 aromatic rings. The second-order valence-electron chi connectivity index (χ2n) is 5.65. The number of nitrogens with one attached hydrogen (secondary N) is 1. The van der Waals surface area contributed by atoms with Crippen LogP contribution < -0.4 is 10.1 Å². The molecule has 130 valence electrons. The number of para-hydroxylation sites is 1. The van der Waals surface area contributed by atoms with Gasteiger partial charge in [0.2, 0.25) is 5.91 Å². The third-order valence-electron chi connectivity index (χ3n) is 3.83. The normalized spacial score (nSPS) is 10.2. The van der Waals surface area contributed by atoms with Gasteiger partial charge in [-0.25, -0.2) is 4.98 Å². The number of amides is 1. The topological polar surface area (TPSA) is 75.0 Å². The minimum atomic E-state index is -0.140. The van der Waals surface area contributed by atoms with Crippen LogP contribution in [0, 0.1) is 18.3 Å². The van der Waals surface area contributed by atoms with Crippen LogP contribution in [0.2, 0.25) is 0 Å². The Kier molecular flexibility index (Phi) is 5.30. The lowest BCUT2D eigenvalue weighted by atomic mass is 10.2. The molecular weight excluding hydrogens is 346 g/mol. The number of anilines is 1. The average Bonchev–Trinajstić information content (AvgIpc) is 3.02. The molecule has 5 nitrogen and oxygen atoms in total. The first-order chi connectivity index (χ1) is 12.6. The van der Waals surface area contributed by atoms with Gasteiger partial charge in [-0.1, -0.05) is 18.2 Å². The molecule has 3 rings (SSSR count). The number of ether oxygens (including phenoxy) is 1. The molecule has 0 spiro atoms. The molecule has 0 fully saturated rings. The predicted molar refractivity (Wildman–Crippen MR) is 102 cm³/mol. The number of methoxy groups -OCH3 is 1. The van der Waals surface area contributed by atoms with E-state index in [0.717, 1.165) is 26.9 Å². The first-order valence-corrected chi connectivity index (χ1v) is 8.82. The first kappa shape index (κ1) is 17.6. The lowest BCUT2D eigenvalue weighted by Crippen LogP contribution is -2.14. The van der Waals surface area contributed by atoms with Crippen LogP contribution in [0.5, 0.6) is 5.75 Å². The van der Waals surface area contributed by atoms with Crippen molar-refractivity contribution in [3.8, 4) is 22.4 Å². The van der Waals surface area contributed by atoms with Crippen LogP contribution in [0.3, 0.4) is 0 Å². The molecule has 6 heteroatoms. The maximum Gasteiger partial charge on any atom is 0.229 e. The Morgan fingerprint density at radius 3 is 2.85 bits per heavy atom. The van der Waals surface area contributed by atoms with Crippen molar-refractivity contribution in [1.82, 2.24) is 4.98 Å². The highest BCUT2D eigenvalue weighted by atomic mass is 32.1. The average molecular weight is 363 g/mol. The summed E-state index contributed by atoms with van der Waals surface area (Å²) in [6.07, 6.45) is 0.232. The lowest BCUT2D eigenvalue weighted by molar-refractivity contribution is -0.115. The summed E-state index contributed by atoms with van der Waals surface area (Å²) >= 11 is 1.48. The van der Waals surface area contributed by atoms with Crippen LogP contribution in [0.25, 0.3) is 10.6 Å². The van der Waals surface area contributed by atoms with E-state index in [4.69, 9.17) is 10.00 Å². The summed E-state index contributed by atoms with van der Waals surface area (Å²) in [5.74, 6) is 0.615. The minimum absolute atomic E-state index is 0.140. The molecule has 0 atom stereocenters. The van der Waals surface area contributed by atoms with Gasteiger partial charge in [0.25, 0.3) is 0 Å². The number of rotatable bonds is 5. The van der Waals surface area contributed by atoms with Crippen molar-refractivity contribution < 1.29 is 9.53 Å². The number of thiazole rings is 1. The Labute approximate surface area is 155 Å². The highest BCUT2D eigenvalue weighted by molar-refractivity contribution is 7.15. The molecule has 0 saturated heterocycles. The number of hydrogen-bond donors (Lipinski definition) is 1. The van der Waals surface area contributed by atoms with Gasteiger partial charge in [-0.3, -0.25) is 4.79 Å². The Hall–Kier alpha value is -3.17. The molecule has 0 aliphatic carbocycles. The molecule has 1 aromatic heterocycles. The molecular formula is C20H17N3O2S. The number of aromatic nitrogens is 1. The third kappa shape index (κ3) is 3.90. The molecule has 1 amide bonds. The van der Waals surface area contributed by atoms with Crippen LogP contribution in [0.1, 0.15) is 16.1 Å². The van der Waals surface area contributed by atoms with Gasteiger partial charge in [-0.05, 0) is 37.3 Å². The number of aryl methyl sites for hydroxylation is 1. The minimum Gasteiger partial charge on any atom is -0.496 e. The van der Waals surface area contributed by atoms with Gasteiger partial charge < -0.3 is 10.1 Å². The van der Waals surface area contributed by atoms with Crippen LogP contribution in [0.15, 0.2) is 48.5 Å². The lowest BCUT2D eigenvalue weighted by Gasteiger charge is -2.05. The van der Waals surface area contributed by atoms with Crippen molar-refractivity contribution in [1.29, 1.82) is 5.26 Å². The fourth-order valence-corrected chi connectivity index (χ4v) is 3.64. The zero-order valence-electron chi connectivity index (χ0n) is 14.4. The summed E-state index contributed by atoms with van der Waals surface area (Å²) in [6, 6.07) is 16.6. The molecule has 1 N–H and O–H groups in total. The first-order valence-electron chi connectivity index (χ1n) is 8.00. The monoisotopic (exact) mass is 363 g/mol. The van der Waals surface area contributed by atoms with Crippen LogP contribution in [-0.4, -0.2) is 18.0 Å². The van der Waals surface area contributed by atoms with E-state index in [0.29, 0.717) is 11.3 Å². The van der Waals surface area contributed by atoms with Gasteiger partial charge in [0.1, 0.15) is 10.8 Å². The highest BCUT2D eigenvalue weighted by Gasteiger charge is 2.15. The van der Waals surface area contributed by atoms with E-state index in [2.05, 4.69) is 16.4 Å². The Bertz CT molecular complexity index is 989. The largest absolute Gasteiger partial charge is 0.496 e. The molecule has 0 radical (unpaired) electrons. The van der Waals surface area contributed by atoms with Crippen LogP contribution in [0.4, 0.5) is 5.69 Å². The summed E-state index contributed by atoms with van der Waals surface area (Å²) in [6.45, 7) is 1.90. The maximum absolute atomic E-state index is 12.4. The van der Waals surface area contributed by atoms with Crippen LogP contribution >= 0.6 is 11.3 Å². The predicted octanol–water partition coefficient (Wildman–Crippen LogP) is 4.18. The SMILES string of the molecule is COc1ccccc1-c1nc(C)c(CC(=O)Nc2cccc(C#N)c2)s1. The number of carbonyl (C=O) groups is 1. The Balaban J connectivity index is 1.77.